The zero-order chi connectivity index (χ0) is 9.42. The first kappa shape index (κ1) is 8.26. The van der Waals surface area contributed by atoms with E-state index in [1.807, 2.05) is 31.2 Å². The Labute approximate surface area is 76.0 Å². The van der Waals surface area contributed by atoms with Gasteiger partial charge in [-0.25, -0.2) is 4.79 Å². The van der Waals surface area contributed by atoms with Crippen LogP contribution in [-0.2, 0) is 9.53 Å². The second kappa shape index (κ2) is 2.85. The van der Waals surface area contributed by atoms with Crippen molar-refractivity contribution < 1.29 is 14.6 Å². The van der Waals surface area contributed by atoms with E-state index in [0.29, 0.717) is 0 Å². The topological polar surface area (TPSA) is 49.8 Å². The second-order valence-corrected chi connectivity index (χ2v) is 3.23. The van der Waals surface area contributed by atoms with E-state index < -0.39 is 12.1 Å². The van der Waals surface area contributed by atoms with Gasteiger partial charge in [-0.05, 0) is 12.5 Å². The lowest BCUT2D eigenvalue weighted by atomic mass is 10.1. The van der Waals surface area contributed by atoms with Gasteiger partial charge in [0.15, 0.2) is 6.10 Å². The van der Waals surface area contributed by atoms with Crippen molar-refractivity contribution in [2.45, 2.75) is 19.1 Å². The zero-order valence-corrected chi connectivity index (χ0v) is 7.23. The normalized spacial score (nSPS) is 25.6. The number of carboxylic acid groups (broad SMARTS) is 1. The fraction of sp³-hybridized carbons (Fsp3) is 0.300. The largest absolute Gasteiger partial charge is 0.479 e. The lowest BCUT2D eigenvalue weighted by Crippen LogP contribution is -2.04. The number of benzene rings is 1. The zero-order valence-electron chi connectivity index (χ0n) is 7.23. The molecule has 1 aromatic carbocycles. The summed E-state index contributed by atoms with van der Waals surface area (Å²) < 4.78 is 5.00. The van der Waals surface area contributed by atoms with Crippen LogP contribution < -0.4 is 0 Å². The number of aliphatic carboxylic acids is 1. The van der Waals surface area contributed by atoms with Crippen LogP contribution in [0.1, 0.15) is 17.2 Å². The SMILES string of the molecule is Cc1ccc(C2OC2C(=O)O)cc1. The molecule has 13 heavy (non-hydrogen) atoms. The lowest BCUT2D eigenvalue weighted by Gasteiger charge is -1.95. The highest BCUT2D eigenvalue weighted by atomic mass is 16.6. The van der Waals surface area contributed by atoms with Gasteiger partial charge >= 0.3 is 5.97 Å². The maximum absolute atomic E-state index is 10.5. The summed E-state index contributed by atoms with van der Waals surface area (Å²) >= 11 is 0. The summed E-state index contributed by atoms with van der Waals surface area (Å²) in [4.78, 5) is 10.5. The quantitative estimate of drug-likeness (QED) is 0.698. The molecule has 2 unspecified atom stereocenters. The molecule has 68 valence electrons. The number of hydrogen-bond donors (Lipinski definition) is 1. The first-order valence-electron chi connectivity index (χ1n) is 4.13. The summed E-state index contributed by atoms with van der Waals surface area (Å²) in [5.41, 5.74) is 2.11. The lowest BCUT2D eigenvalue weighted by molar-refractivity contribution is -0.138. The molecular formula is C10H10O3. The summed E-state index contributed by atoms with van der Waals surface area (Å²) in [5, 5.41) is 8.61. The molecule has 3 heteroatoms. The third-order valence-corrected chi connectivity index (χ3v) is 2.14. The maximum Gasteiger partial charge on any atom is 0.335 e. The molecule has 3 nitrogen and oxygen atoms in total. The van der Waals surface area contributed by atoms with Gasteiger partial charge in [-0.3, -0.25) is 0 Å². The van der Waals surface area contributed by atoms with Crippen molar-refractivity contribution >= 4 is 5.97 Å². The second-order valence-electron chi connectivity index (χ2n) is 3.23. The molecule has 1 aliphatic rings. The van der Waals surface area contributed by atoms with Gasteiger partial charge in [-0.15, -0.1) is 0 Å². The highest BCUT2D eigenvalue weighted by Gasteiger charge is 2.46. The Morgan fingerprint density at radius 1 is 1.38 bits per heavy atom. The van der Waals surface area contributed by atoms with Crippen LogP contribution in [0.4, 0.5) is 0 Å². The fourth-order valence-corrected chi connectivity index (χ4v) is 1.31. The van der Waals surface area contributed by atoms with Crippen LogP contribution in [0.2, 0.25) is 0 Å². The standard InChI is InChI=1S/C10H10O3/c1-6-2-4-7(5-3-6)8-9(13-8)10(11)12/h2-5,8-9H,1H3,(H,11,12). The number of rotatable bonds is 2. The minimum atomic E-state index is -0.884. The molecule has 2 atom stereocenters. The van der Waals surface area contributed by atoms with E-state index in [0.717, 1.165) is 11.1 Å². The summed E-state index contributed by atoms with van der Waals surface area (Å²) in [6.45, 7) is 1.99. The maximum atomic E-state index is 10.5. The van der Waals surface area contributed by atoms with Crippen molar-refractivity contribution in [1.29, 1.82) is 0 Å². The van der Waals surface area contributed by atoms with Crippen LogP contribution in [0, 0.1) is 6.92 Å². The van der Waals surface area contributed by atoms with Crippen LogP contribution in [0.5, 0.6) is 0 Å². The molecule has 1 saturated heterocycles. The van der Waals surface area contributed by atoms with Crippen molar-refractivity contribution in [1.82, 2.24) is 0 Å². The molecule has 0 aromatic heterocycles. The smallest absolute Gasteiger partial charge is 0.335 e. The third-order valence-electron chi connectivity index (χ3n) is 2.14. The number of aryl methyl sites for hydroxylation is 1. The predicted molar refractivity (Wildman–Crippen MR) is 46.4 cm³/mol. The molecule has 0 saturated carbocycles. The Morgan fingerprint density at radius 2 is 2.00 bits per heavy atom. The molecule has 1 heterocycles. The van der Waals surface area contributed by atoms with Gasteiger partial charge in [0.05, 0.1) is 0 Å². The van der Waals surface area contributed by atoms with E-state index in [2.05, 4.69) is 0 Å². The number of carbonyl (C=O) groups is 1. The first-order chi connectivity index (χ1) is 6.18. The number of epoxide rings is 1. The van der Waals surface area contributed by atoms with E-state index in [4.69, 9.17) is 9.84 Å². The van der Waals surface area contributed by atoms with E-state index in [1.165, 1.54) is 0 Å². The Hall–Kier alpha value is -1.35. The van der Waals surface area contributed by atoms with Crippen molar-refractivity contribution in [3.8, 4) is 0 Å². The minimum absolute atomic E-state index is 0.238. The van der Waals surface area contributed by atoms with Gasteiger partial charge in [0.2, 0.25) is 0 Å². The van der Waals surface area contributed by atoms with Crippen LogP contribution >= 0.6 is 0 Å². The Bertz CT molecular complexity index is 329. The van der Waals surface area contributed by atoms with Crippen LogP contribution in [-0.4, -0.2) is 17.2 Å². The van der Waals surface area contributed by atoms with Gasteiger partial charge in [0.1, 0.15) is 6.10 Å². The number of carboxylic acids is 1. The van der Waals surface area contributed by atoms with E-state index in [9.17, 15) is 4.79 Å². The molecule has 1 aliphatic heterocycles. The molecular weight excluding hydrogens is 168 g/mol. The average molecular weight is 178 g/mol. The minimum Gasteiger partial charge on any atom is -0.479 e. The van der Waals surface area contributed by atoms with Crippen LogP contribution in [0.3, 0.4) is 0 Å². The van der Waals surface area contributed by atoms with Crippen LogP contribution in [0.25, 0.3) is 0 Å². The predicted octanol–water partition coefficient (Wildman–Crippen LogP) is 1.52. The highest BCUT2D eigenvalue weighted by Crippen LogP contribution is 2.38. The van der Waals surface area contributed by atoms with Crippen molar-refractivity contribution in [2.75, 3.05) is 0 Å². The summed E-state index contributed by atoms with van der Waals surface area (Å²) in [6.07, 6.45) is -0.874. The van der Waals surface area contributed by atoms with Gasteiger partial charge < -0.3 is 9.84 Å². The molecule has 2 rings (SSSR count). The van der Waals surface area contributed by atoms with Crippen molar-refractivity contribution in [3.63, 3.8) is 0 Å². The molecule has 0 amide bonds. The molecule has 1 fully saturated rings. The Morgan fingerprint density at radius 3 is 2.46 bits per heavy atom. The van der Waals surface area contributed by atoms with E-state index in [1.54, 1.807) is 0 Å². The first-order valence-corrected chi connectivity index (χ1v) is 4.13. The molecule has 1 aromatic rings. The van der Waals surface area contributed by atoms with Gasteiger partial charge in [0.25, 0.3) is 0 Å². The summed E-state index contributed by atoms with van der Waals surface area (Å²) in [6, 6.07) is 7.72. The van der Waals surface area contributed by atoms with E-state index in [-0.39, 0.29) is 6.10 Å². The Balaban J connectivity index is 2.12. The molecule has 0 radical (unpaired) electrons. The Kier molecular flexibility index (Phi) is 1.81. The van der Waals surface area contributed by atoms with E-state index >= 15 is 0 Å². The third kappa shape index (κ3) is 1.55. The van der Waals surface area contributed by atoms with Gasteiger partial charge in [-0.2, -0.15) is 0 Å². The fourth-order valence-electron chi connectivity index (χ4n) is 1.31. The summed E-state index contributed by atoms with van der Waals surface area (Å²) in [7, 11) is 0. The molecule has 1 N–H and O–H groups in total. The van der Waals surface area contributed by atoms with Crippen molar-refractivity contribution in [3.05, 3.63) is 35.4 Å². The summed E-state index contributed by atoms with van der Waals surface area (Å²) in [5.74, 6) is -0.884. The molecule has 0 spiro atoms. The van der Waals surface area contributed by atoms with Gasteiger partial charge in [-0.1, -0.05) is 29.8 Å². The van der Waals surface area contributed by atoms with Crippen molar-refractivity contribution in [2.24, 2.45) is 0 Å². The molecule has 0 bridgehead atoms. The highest BCUT2D eigenvalue weighted by molar-refractivity contribution is 5.76. The number of ether oxygens (including phenoxy) is 1. The average Bonchev–Trinajstić information content (AvgIpc) is 2.85. The molecule has 0 aliphatic carbocycles. The monoisotopic (exact) mass is 178 g/mol. The number of hydrogen-bond acceptors (Lipinski definition) is 2. The van der Waals surface area contributed by atoms with Gasteiger partial charge in [0, 0.05) is 0 Å². The van der Waals surface area contributed by atoms with Crippen LogP contribution in [0.15, 0.2) is 24.3 Å².